The first-order chi connectivity index (χ1) is 14.4. The summed E-state index contributed by atoms with van der Waals surface area (Å²) < 4.78 is 10.6. The average Bonchev–Trinajstić information content (AvgIpc) is 3.07. The number of carbonyl (C=O) groups excluding carboxylic acids is 2. The number of ether oxygens (including phenoxy) is 2. The SMILES string of the molecule is CCOc1ccccc1N1CCN([C@@H](C)C(=O)c2[nH]c(C)c(C(=O)OC)c2C)CC1. The van der Waals surface area contributed by atoms with Crippen LogP contribution in [0, 0.1) is 13.8 Å². The normalized spacial score (nSPS) is 15.7. The second kappa shape index (κ2) is 9.34. The molecule has 7 nitrogen and oxygen atoms in total. The Morgan fingerprint density at radius 1 is 1.13 bits per heavy atom. The zero-order valence-corrected chi connectivity index (χ0v) is 18.4. The monoisotopic (exact) mass is 413 g/mol. The zero-order valence-electron chi connectivity index (χ0n) is 18.4. The number of hydrogen-bond acceptors (Lipinski definition) is 6. The number of H-pyrrole nitrogens is 1. The van der Waals surface area contributed by atoms with E-state index in [1.165, 1.54) is 7.11 Å². The molecule has 0 unspecified atom stereocenters. The molecule has 3 rings (SSSR count). The lowest BCUT2D eigenvalue weighted by molar-refractivity contribution is 0.0599. The van der Waals surface area contributed by atoms with Crippen molar-refractivity contribution in [1.29, 1.82) is 0 Å². The molecule has 1 N–H and O–H groups in total. The quantitative estimate of drug-likeness (QED) is 0.555. The number of nitrogens with one attached hydrogen (secondary N) is 1. The van der Waals surface area contributed by atoms with Crippen LogP contribution in [0.1, 0.15) is 46.0 Å². The van der Waals surface area contributed by atoms with E-state index in [2.05, 4.69) is 20.9 Å². The van der Waals surface area contributed by atoms with Crippen LogP contribution in [0.3, 0.4) is 0 Å². The molecule has 1 saturated heterocycles. The molecule has 30 heavy (non-hydrogen) atoms. The molecule has 1 aromatic heterocycles. The number of benzene rings is 1. The Kier molecular flexibility index (Phi) is 6.82. The van der Waals surface area contributed by atoms with Crippen LogP contribution in [0.5, 0.6) is 5.75 Å². The van der Waals surface area contributed by atoms with Gasteiger partial charge in [-0.2, -0.15) is 0 Å². The number of aromatic amines is 1. The van der Waals surface area contributed by atoms with Crippen molar-refractivity contribution in [2.75, 3.05) is 44.8 Å². The van der Waals surface area contributed by atoms with E-state index in [1.54, 1.807) is 13.8 Å². The summed E-state index contributed by atoms with van der Waals surface area (Å²) in [6.07, 6.45) is 0. The summed E-state index contributed by atoms with van der Waals surface area (Å²) in [7, 11) is 1.35. The van der Waals surface area contributed by atoms with Crippen molar-refractivity contribution in [3.8, 4) is 5.75 Å². The fraction of sp³-hybridized carbons (Fsp3) is 0.478. The first kappa shape index (κ1) is 21.9. The van der Waals surface area contributed by atoms with Gasteiger partial charge in [0.05, 0.1) is 36.7 Å². The molecule has 1 aliphatic heterocycles. The van der Waals surface area contributed by atoms with Crippen molar-refractivity contribution in [1.82, 2.24) is 9.88 Å². The third-order valence-electron chi connectivity index (χ3n) is 5.82. The molecule has 1 atom stereocenters. The molecule has 1 fully saturated rings. The van der Waals surface area contributed by atoms with Gasteiger partial charge < -0.3 is 19.4 Å². The number of para-hydroxylation sites is 2. The first-order valence-corrected chi connectivity index (χ1v) is 10.4. The Hall–Kier alpha value is -2.80. The Bertz CT molecular complexity index is 913. The highest BCUT2D eigenvalue weighted by molar-refractivity contribution is 6.03. The van der Waals surface area contributed by atoms with Crippen LogP contribution in [-0.2, 0) is 4.74 Å². The van der Waals surface area contributed by atoms with Crippen LogP contribution >= 0.6 is 0 Å². The molecule has 1 aromatic carbocycles. The predicted molar refractivity (Wildman–Crippen MR) is 117 cm³/mol. The number of aromatic nitrogens is 1. The summed E-state index contributed by atoms with van der Waals surface area (Å²) in [5.74, 6) is 0.467. The third-order valence-corrected chi connectivity index (χ3v) is 5.82. The van der Waals surface area contributed by atoms with Gasteiger partial charge in [0.15, 0.2) is 5.78 Å². The zero-order chi connectivity index (χ0) is 21.8. The van der Waals surface area contributed by atoms with Crippen LogP contribution < -0.4 is 9.64 Å². The van der Waals surface area contributed by atoms with Gasteiger partial charge in [-0.25, -0.2) is 4.79 Å². The van der Waals surface area contributed by atoms with Crippen molar-refractivity contribution in [2.24, 2.45) is 0 Å². The van der Waals surface area contributed by atoms with Gasteiger partial charge in [0.1, 0.15) is 5.75 Å². The number of aryl methyl sites for hydroxylation is 1. The Morgan fingerprint density at radius 3 is 2.43 bits per heavy atom. The Morgan fingerprint density at radius 2 is 1.80 bits per heavy atom. The second-order valence-electron chi connectivity index (χ2n) is 7.58. The molecule has 7 heteroatoms. The second-order valence-corrected chi connectivity index (χ2v) is 7.58. The molecule has 0 aliphatic carbocycles. The van der Waals surface area contributed by atoms with Crippen LogP contribution in [0.15, 0.2) is 24.3 Å². The number of esters is 1. The van der Waals surface area contributed by atoms with Crippen molar-refractivity contribution < 1.29 is 19.1 Å². The van der Waals surface area contributed by atoms with Crippen LogP contribution in [0.25, 0.3) is 0 Å². The molecular weight excluding hydrogens is 382 g/mol. The fourth-order valence-electron chi connectivity index (χ4n) is 4.13. The van der Waals surface area contributed by atoms with Gasteiger partial charge >= 0.3 is 5.97 Å². The third kappa shape index (κ3) is 4.21. The van der Waals surface area contributed by atoms with Crippen LogP contribution in [0.4, 0.5) is 5.69 Å². The van der Waals surface area contributed by atoms with Crippen molar-refractivity contribution in [3.63, 3.8) is 0 Å². The lowest BCUT2D eigenvalue weighted by atomic mass is 10.0. The summed E-state index contributed by atoms with van der Waals surface area (Å²) in [6.45, 7) is 11.3. The maximum absolute atomic E-state index is 13.2. The standard InChI is InChI=1S/C23H31N3O4/c1-6-30-19-10-8-7-9-18(19)26-13-11-25(12-14-26)17(4)22(27)21-15(2)20(16(3)24-21)23(28)29-5/h7-10,17,24H,6,11-14H2,1-5H3/t17-/m0/s1. The molecule has 0 spiro atoms. The van der Waals surface area contributed by atoms with Gasteiger partial charge in [-0.3, -0.25) is 9.69 Å². The maximum Gasteiger partial charge on any atom is 0.339 e. The summed E-state index contributed by atoms with van der Waals surface area (Å²) in [5.41, 5.74) is 3.35. The van der Waals surface area contributed by atoms with E-state index in [0.717, 1.165) is 37.6 Å². The fourth-order valence-corrected chi connectivity index (χ4v) is 4.13. The summed E-state index contributed by atoms with van der Waals surface area (Å²) in [4.78, 5) is 32.8. The first-order valence-electron chi connectivity index (χ1n) is 10.4. The molecule has 2 heterocycles. The Labute approximate surface area is 178 Å². The summed E-state index contributed by atoms with van der Waals surface area (Å²) in [6, 6.07) is 7.79. The number of hydrogen-bond donors (Lipinski definition) is 1. The van der Waals surface area contributed by atoms with Crippen molar-refractivity contribution in [3.05, 3.63) is 46.8 Å². The van der Waals surface area contributed by atoms with E-state index in [4.69, 9.17) is 9.47 Å². The number of Topliss-reactive ketones (excluding diaryl/α,β-unsaturated/α-hetero) is 1. The topological polar surface area (TPSA) is 74.9 Å². The van der Waals surface area contributed by atoms with Crippen LogP contribution in [-0.4, -0.2) is 67.6 Å². The van der Waals surface area contributed by atoms with Crippen molar-refractivity contribution in [2.45, 2.75) is 33.7 Å². The van der Waals surface area contributed by atoms with E-state index < -0.39 is 5.97 Å². The summed E-state index contributed by atoms with van der Waals surface area (Å²) in [5, 5.41) is 0. The molecule has 0 saturated carbocycles. The van der Waals surface area contributed by atoms with Gasteiger partial charge in [0.2, 0.25) is 0 Å². The number of nitrogens with zero attached hydrogens (tertiary/aromatic N) is 2. The largest absolute Gasteiger partial charge is 0.492 e. The average molecular weight is 414 g/mol. The van der Waals surface area contributed by atoms with Crippen LogP contribution in [0.2, 0.25) is 0 Å². The van der Waals surface area contributed by atoms with Gasteiger partial charge in [-0.05, 0) is 45.4 Å². The van der Waals surface area contributed by atoms with Crippen molar-refractivity contribution >= 4 is 17.4 Å². The number of methoxy groups -OCH3 is 1. The number of anilines is 1. The van der Waals surface area contributed by atoms with E-state index >= 15 is 0 Å². The van der Waals surface area contributed by atoms with E-state index in [1.807, 2.05) is 32.0 Å². The van der Waals surface area contributed by atoms with Gasteiger partial charge in [0, 0.05) is 31.9 Å². The van der Waals surface area contributed by atoms with E-state index in [-0.39, 0.29) is 11.8 Å². The molecule has 0 radical (unpaired) electrons. The number of piperazine rings is 1. The lowest BCUT2D eigenvalue weighted by Crippen LogP contribution is -2.52. The predicted octanol–water partition coefficient (Wildman–Crippen LogP) is 3.21. The molecule has 0 amide bonds. The maximum atomic E-state index is 13.2. The minimum atomic E-state index is -0.422. The number of carbonyl (C=O) groups is 2. The minimum absolute atomic E-state index is 0.00563. The van der Waals surface area contributed by atoms with Gasteiger partial charge in [-0.1, -0.05) is 12.1 Å². The number of ketones is 1. The number of rotatable bonds is 7. The van der Waals surface area contributed by atoms with E-state index in [0.29, 0.717) is 29.1 Å². The van der Waals surface area contributed by atoms with Gasteiger partial charge in [0.25, 0.3) is 0 Å². The highest BCUT2D eigenvalue weighted by atomic mass is 16.5. The highest BCUT2D eigenvalue weighted by Gasteiger charge is 2.30. The smallest absolute Gasteiger partial charge is 0.339 e. The molecule has 1 aliphatic rings. The summed E-state index contributed by atoms with van der Waals surface area (Å²) >= 11 is 0. The lowest BCUT2D eigenvalue weighted by Gasteiger charge is -2.39. The highest BCUT2D eigenvalue weighted by Crippen LogP contribution is 2.29. The molecule has 2 aromatic rings. The van der Waals surface area contributed by atoms with Gasteiger partial charge in [-0.15, -0.1) is 0 Å². The Balaban J connectivity index is 1.69. The minimum Gasteiger partial charge on any atom is -0.492 e. The molecule has 162 valence electrons. The molecule has 0 bridgehead atoms. The van der Waals surface area contributed by atoms with E-state index in [9.17, 15) is 9.59 Å². The molecular formula is C23H31N3O4.